The molecule has 0 bridgehead atoms. The van der Waals surface area contributed by atoms with Crippen molar-refractivity contribution >= 4 is 27.7 Å². The molecule has 4 rings (SSSR count). The highest BCUT2D eigenvalue weighted by Crippen LogP contribution is 2.41. The Morgan fingerprint density at radius 2 is 1.52 bits per heavy atom. The number of pyridine rings is 1. The summed E-state index contributed by atoms with van der Waals surface area (Å²) in [6, 6.07) is 13.5. The molecule has 0 fully saturated rings. The maximum atomic E-state index is 14.1. The Bertz CT molecular complexity index is 1490. The Hall–Kier alpha value is -3.55. The molecule has 0 spiro atoms. The third-order valence-corrected chi connectivity index (χ3v) is 7.58. The summed E-state index contributed by atoms with van der Waals surface area (Å²) in [5.74, 6) is 0.188. The van der Waals surface area contributed by atoms with Crippen LogP contribution < -0.4 is 5.56 Å². The first-order chi connectivity index (χ1) is 19.2. The minimum atomic E-state index is -4.66. The fraction of sp³-hybridized carbons (Fsp3) is 0.438. The standard InChI is InChI=1S/C32H38F3N3O2/c1-3-4-13-20-38(2)28(40)17-12-7-5-6-11-16-23-29-25(37-31(23)22-14-9-8-10-15-22)18-19-26-30(29)24(32(33,34)35)21-27(39)36-26/h8-10,14-15,18-19,21,37H,3-7,11-13,16-17,20H2,1-2H3,(H,36,39). The van der Waals surface area contributed by atoms with Crippen molar-refractivity contribution in [1.29, 1.82) is 0 Å². The van der Waals surface area contributed by atoms with E-state index in [1.807, 2.05) is 42.3 Å². The van der Waals surface area contributed by atoms with E-state index in [1.165, 1.54) is 6.07 Å². The van der Waals surface area contributed by atoms with Gasteiger partial charge in [-0.15, -0.1) is 0 Å². The van der Waals surface area contributed by atoms with Gasteiger partial charge in [0, 0.05) is 53.6 Å². The molecule has 0 aliphatic carbocycles. The Morgan fingerprint density at radius 3 is 2.23 bits per heavy atom. The average Bonchev–Trinajstić information content (AvgIpc) is 3.30. The van der Waals surface area contributed by atoms with Gasteiger partial charge in [-0.1, -0.05) is 69.4 Å². The Balaban J connectivity index is 1.52. The van der Waals surface area contributed by atoms with E-state index in [9.17, 15) is 22.8 Å². The summed E-state index contributed by atoms with van der Waals surface area (Å²) in [4.78, 5) is 32.2. The Kier molecular flexibility index (Phi) is 9.71. The quantitative estimate of drug-likeness (QED) is 0.164. The van der Waals surface area contributed by atoms with Crippen molar-refractivity contribution in [3.05, 3.63) is 70.0 Å². The third-order valence-electron chi connectivity index (χ3n) is 7.58. The van der Waals surface area contributed by atoms with Crippen LogP contribution in [-0.2, 0) is 17.4 Å². The minimum Gasteiger partial charge on any atom is -0.354 e. The van der Waals surface area contributed by atoms with Gasteiger partial charge in [0.25, 0.3) is 0 Å². The van der Waals surface area contributed by atoms with Crippen LogP contribution in [0.15, 0.2) is 53.3 Å². The molecule has 0 atom stereocenters. The van der Waals surface area contributed by atoms with Gasteiger partial charge in [0.1, 0.15) is 0 Å². The molecule has 2 aromatic carbocycles. The van der Waals surface area contributed by atoms with E-state index < -0.39 is 17.3 Å². The lowest BCUT2D eigenvalue weighted by Gasteiger charge is -2.16. The summed E-state index contributed by atoms with van der Waals surface area (Å²) in [5, 5.41) is 0.538. The molecule has 8 heteroatoms. The fourth-order valence-corrected chi connectivity index (χ4v) is 5.46. The molecule has 0 aliphatic rings. The van der Waals surface area contributed by atoms with E-state index in [2.05, 4.69) is 16.9 Å². The number of hydrogen-bond donors (Lipinski definition) is 2. The van der Waals surface area contributed by atoms with Crippen molar-refractivity contribution in [3.63, 3.8) is 0 Å². The van der Waals surface area contributed by atoms with Gasteiger partial charge in [-0.3, -0.25) is 9.59 Å². The molecule has 2 aromatic heterocycles. The van der Waals surface area contributed by atoms with Crippen molar-refractivity contribution in [2.24, 2.45) is 0 Å². The third kappa shape index (κ3) is 6.95. The number of fused-ring (bicyclic) bond motifs is 3. The number of unbranched alkanes of at least 4 members (excludes halogenated alkanes) is 6. The topological polar surface area (TPSA) is 69.0 Å². The number of rotatable bonds is 13. The number of benzene rings is 2. The molecular formula is C32H38F3N3O2. The number of carbonyl (C=O) groups is 1. The molecule has 0 saturated carbocycles. The summed E-state index contributed by atoms with van der Waals surface area (Å²) in [6.45, 7) is 2.95. The molecule has 0 unspecified atom stereocenters. The van der Waals surface area contributed by atoms with Crippen LogP contribution in [0.1, 0.15) is 75.8 Å². The molecule has 0 aliphatic heterocycles. The lowest BCUT2D eigenvalue weighted by Crippen LogP contribution is -2.27. The van der Waals surface area contributed by atoms with Gasteiger partial charge in [0.2, 0.25) is 11.5 Å². The first-order valence-electron chi connectivity index (χ1n) is 14.3. The summed E-state index contributed by atoms with van der Waals surface area (Å²) in [6.07, 6.45) is 4.23. The Morgan fingerprint density at radius 1 is 0.850 bits per heavy atom. The number of hydrogen-bond acceptors (Lipinski definition) is 2. The second-order valence-electron chi connectivity index (χ2n) is 10.6. The van der Waals surface area contributed by atoms with Crippen molar-refractivity contribution in [1.82, 2.24) is 14.9 Å². The highest BCUT2D eigenvalue weighted by atomic mass is 19.4. The molecule has 1 amide bonds. The molecule has 0 radical (unpaired) electrons. The fourth-order valence-electron chi connectivity index (χ4n) is 5.46. The largest absolute Gasteiger partial charge is 0.417 e. The SMILES string of the molecule is CCCCCN(C)C(=O)CCCCCCCc1c(-c2ccccc2)[nH]c2ccc3[nH]c(=O)cc(C(F)(F)F)c3c12. The highest BCUT2D eigenvalue weighted by Gasteiger charge is 2.34. The van der Waals surface area contributed by atoms with Crippen molar-refractivity contribution in [2.75, 3.05) is 13.6 Å². The zero-order valence-electron chi connectivity index (χ0n) is 23.3. The van der Waals surface area contributed by atoms with E-state index >= 15 is 0 Å². The molecule has 5 nitrogen and oxygen atoms in total. The van der Waals surface area contributed by atoms with Crippen LogP contribution in [0.5, 0.6) is 0 Å². The van der Waals surface area contributed by atoms with Crippen LogP contribution in [0.2, 0.25) is 0 Å². The Labute approximate surface area is 232 Å². The monoisotopic (exact) mass is 553 g/mol. The summed E-state index contributed by atoms with van der Waals surface area (Å²) < 4.78 is 42.3. The maximum absolute atomic E-state index is 14.1. The van der Waals surface area contributed by atoms with Crippen LogP contribution in [0, 0.1) is 0 Å². The van der Waals surface area contributed by atoms with Gasteiger partial charge in [-0.2, -0.15) is 13.2 Å². The predicted octanol–water partition coefficient (Wildman–Crippen LogP) is 8.23. The van der Waals surface area contributed by atoms with Crippen molar-refractivity contribution in [3.8, 4) is 11.3 Å². The van der Waals surface area contributed by atoms with Crippen LogP contribution in [0.25, 0.3) is 33.1 Å². The average molecular weight is 554 g/mol. The zero-order chi connectivity index (χ0) is 28.7. The van der Waals surface area contributed by atoms with Gasteiger partial charge >= 0.3 is 6.18 Å². The number of H-pyrrole nitrogens is 2. The van der Waals surface area contributed by atoms with Gasteiger partial charge in [0.15, 0.2) is 0 Å². The molecule has 40 heavy (non-hydrogen) atoms. The molecule has 0 saturated heterocycles. The number of aryl methyl sites for hydroxylation is 1. The minimum absolute atomic E-state index is 0.0274. The van der Waals surface area contributed by atoms with Gasteiger partial charge in [0.05, 0.1) is 5.56 Å². The van der Waals surface area contributed by atoms with E-state index in [0.29, 0.717) is 29.8 Å². The summed E-state index contributed by atoms with van der Waals surface area (Å²) >= 11 is 0. The number of alkyl halides is 3. The van der Waals surface area contributed by atoms with E-state index in [-0.39, 0.29) is 16.8 Å². The normalized spacial score (nSPS) is 11.9. The maximum Gasteiger partial charge on any atom is 0.417 e. The highest BCUT2D eigenvalue weighted by molar-refractivity contribution is 6.11. The van der Waals surface area contributed by atoms with E-state index in [1.54, 1.807) is 6.07 Å². The molecule has 4 aromatic rings. The lowest BCUT2D eigenvalue weighted by atomic mass is 9.95. The second-order valence-corrected chi connectivity index (χ2v) is 10.6. The van der Waals surface area contributed by atoms with Crippen LogP contribution >= 0.6 is 0 Å². The van der Waals surface area contributed by atoms with E-state index in [4.69, 9.17) is 0 Å². The molecule has 2 N–H and O–H groups in total. The number of nitrogens with zero attached hydrogens (tertiary/aromatic N) is 1. The van der Waals surface area contributed by atoms with Crippen LogP contribution in [0.3, 0.4) is 0 Å². The van der Waals surface area contributed by atoms with Crippen molar-refractivity contribution in [2.45, 2.75) is 77.3 Å². The molecule has 2 heterocycles. The molecular weight excluding hydrogens is 515 g/mol. The van der Waals surface area contributed by atoms with Crippen LogP contribution in [0.4, 0.5) is 13.2 Å². The number of amides is 1. The van der Waals surface area contributed by atoms with Crippen molar-refractivity contribution < 1.29 is 18.0 Å². The summed E-state index contributed by atoms with van der Waals surface area (Å²) in [7, 11) is 1.87. The smallest absolute Gasteiger partial charge is 0.354 e. The number of halogens is 3. The number of nitrogens with one attached hydrogen (secondary N) is 2. The van der Waals surface area contributed by atoms with Gasteiger partial charge < -0.3 is 14.9 Å². The lowest BCUT2D eigenvalue weighted by molar-refractivity contribution is -0.136. The predicted molar refractivity (Wildman–Crippen MR) is 155 cm³/mol. The number of aromatic amines is 2. The first-order valence-corrected chi connectivity index (χ1v) is 14.3. The second kappa shape index (κ2) is 13.2. The summed E-state index contributed by atoms with van der Waals surface area (Å²) in [5.41, 5.74) is 1.64. The first kappa shape index (κ1) is 29.4. The number of carbonyl (C=O) groups excluding carboxylic acids is 1. The van der Waals surface area contributed by atoms with Gasteiger partial charge in [-0.05, 0) is 48.9 Å². The van der Waals surface area contributed by atoms with E-state index in [0.717, 1.165) is 74.7 Å². The molecule has 214 valence electrons. The zero-order valence-corrected chi connectivity index (χ0v) is 23.3. The van der Waals surface area contributed by atoms with Crippen LogP contribution in [-0.4, -0.2) is 34.4 Å². The van der Waals surface area contributed by atoms with Gasteiger partial charge in [-0.25, -0.2) is 0 Å². The number of aromatic nitrogens is 2.